The van der Waals surface area contributed by atoms with E-state index in [2.05, 4.69) is 32.5 Å². The number of piperidine rings is 1. The molecular weight excluding hydrogens is 372 g/mol. The molecule has 0 aliphatic carbocycles. The summed E-state index contributed by atoms with van der Waals surface area (Å²) in [5, 5.41) is 14.3. The van der Waals surface area contributed by atoms with Crippen molar-refractivity contribution in [3.63, 3.8) is 0 Å². The summed E-state index contributed by atoms with van der Waals surface area (Å²) in [7, 11) is 0. The molecule has 0 saturated carbocycles. The van der Waals surface area contributed by atoms with Crippen LogP contribution in [0, 0.1) is 5.92 Å². The Morgan fingerprint density at radius 2 is 2.17 bits per heavy atom. The van der Waals surface area contributed by atoms with Crippen molar-refractivity contribution in [2.45, 2.75) is 39.3 Å². The Kier molecular flexibility index (Phi) is 4.91. The average molecular weight is 396 g/mol. The minimum absolute atomic E-state index is 0.177. The van der Waals surface area contributed by atoms with Crippen LogP contribution in [0.3, 0.4) is 0 Å². The number of hydrogen-bond acceptors (Lipinski definition) is 6. The van der Waals surface area contributed by atoms with Gasteiger partial charge in [-0.1, -0.05) is 6.92 Å². The Morgan fingerprint density at radius 1 is 1.34 bits per heavy atom. The summed E-state index contributed by atoms with van der Waals surface area (Å²) in [6.45, 7) is 5.32. The Hall–Kier alpha value is -3.43. The largest absolute Gasteiger partial charge is 0.383 e. The van der Waals surface area contributed by atoms with E-state index in [1.807, 2.05) is 17.7 Å². The van der Waals surface area contributed by atoms with Crippen molar-refractivity contribution < 1.29 is 9.59 Å². The van der Waals surface area contributed by atoms with E-state index in [4.69, 9.17) is 5.73 Å². The Balaban J connectivity index is 1.59. The fraction of sp³-hybridized carbons (Fsp3) is 0.421. The first-order valence-corrected chi connectivity index (χ1v) is 9.70. The summed E-state index contributed by atoms with van der Waals surface area (Å²) in [6.07, 6.45) is 6.46. The molecule has 0 spiro atoms. The second kappa shape index (κ2) is 7.53. The number of nitrogens with zero attached hydrogens (tertiary/aromatic N) is 5. The van der Waals surface area contributed by atoms with Gasteiger partial charge in [-0.2, -0.15) is 10.2 Å². The summed E-state index contributed by atoms with van der Waals surface area (Å²) in [6, 6.07) is 1.74. The van der Waals surface area contributed by atoms with E-state index in [1.54, 1.807) is 11.1 Å². The average Bonchev–Trinajstić information content (AvgIpc) is 3.39. The fourth-order valence-electron chi connectivity index (χ4n) is 3.93. The van der Waals surface area contributed by atoms with E-state index in [0.29, 0.717) is 41.4 Å². The van der Waals surface area contributed by atoms with Crippen LogP contribution >= 0.6 is 0 Å². The summed E-state index contributed by atoms with van der Waals surface area (Å²) in [4.78, 5) is 31.6. The third-order valence-electron chi connectivity index (χ3n) is 5.43. The van der Waals surface area contributed by atoms with Crippen LogP contribution in [0.4, 0.5) is 11.5 Å². The predicted octanol–water partition coefficient (Wildman–Crippen LogP) is 1.69. The zero-order valence-electron chi connectivity index (χ0n) is 16.4. The number of nitrogens with two attached hydrogens (primary N) is 1. The molecular formula is C19H24N8O2. The fourth-order valence-corrected chi connectivity index (χ4v) is 3.93. The molecule has 4 rings (SSSR count). The highest BCUT2D eigenvalue weighted by Gasteiger charge is 2.35. The first-order chi connectivity index (χ1) is 14.0. The summed E-state index contributed by atoms with van der Waals surface area (Å²) in [5.74, 6) is -0.668. The van der Waals surface area contributed by atoms with Gasteiger partial charge in [0.15, 0.2) is 0 Å². The Morgan fingerprint density at radius 3 is 2.97 bits per heavy atom. The van der Waals surface area contributed by atoms with Gasteiger partial charge in [-0.25, -0.2) is 4.98 Å². The minimum Gasteiger partial charge on any atom is -0.383 e. The maximum atomic E-state index is 13.1. The smallest absolute Gasteiger partial charge is 0.314 e. The predicted molar refractivity (Wildman–Crippen MR) is 108 cm³/mol. The Labute approximate surface area is 167 Å². The first-order valence-electron chi connectivity index (χ1n) is 9.70. The topological polar surface area (TPSA) is 135 Å². The number of nitrogens with one attached hydrogen (secondary N) is 2. The molecule has 4 heterocycles. The number of fused-ring (bicyclic) bond motifs is 1. The van der Waals surface area contributed by atoms with Gasteiger partial charge in [0.05, 0.1) is 40.7 Å². The van der Waals surface area contributed by atoms with E-state index in [9.17, 15) is 9.59 Å². The number of likely N-dealkylation sites (tertiary alicyclic amines) is 1. The van der Waals surface area contributed by atoms with Crippen molar-refractivity contribution in [1.82, 2.24) is 29.9 Å². The monoisotopic (exact) mass is 396 g/mol. The number of aryl methyl sites for hydroxylation is 1. The van der Waals surface area contributed by atoms with Crippen LogP contribution in [0.5, 0.6) is 0 Å². The molecule has 4 N–H and O–H groups in total. The number of carbonyl (C=O) groups excluding carboxylic acids is 2. The molecule has 1 fully saturated rings. The lowest BCUT2D eigenvalue weighted by Crippen LogP contribution is -2.47. The van der Waals surface area contributed by atoms with E-state index in [1.165, 1.54) is 12.4 Å². The van der Waals surface area contributed by atoms with Gasteiger partial charge in [0.1, 0.15) is 5.82 Å². The molecule has 0 aromatic carbocycles. The molecule has 0 bridgehead atoms. The number of pyridine rings is 1. The highest BCUT2D eigenvalue weighted by atomic mass is 16.2. The normalized spacial score (nSPS) is 19.4. The molecule has 1 aliphatic rings. The zero-order chi connectivity index (χ0) is 20.5. The molecule has 3 aromatic rings. The summed E-state index contributed by atoms with van der Waals surface area (Å²) in [5.41, 5.74) is 7.67. The molecule has 1 saturated heterocycles. The van der Waals surface area contributed by atoms with E-state index < -0.39 is 11.8 Å². The van der Waals surface area contributed by atoms with Crippen LogP contribution in [-0.4, -0.2) is 48.2 Å². The van der Waals surface area contributed by atoms with Gasteiger partial charge < -0.3 is 16.0 Å². The maximum Gasteiger partial charge on any atom is 0.314 e. The number of nitrogen functional groups attached to an aromatic ring is 1. The lowest BCUT2D eigenvalue weighted by molar-refractivity contribution is -0.146. The molecule has 2 amide bonds. The number of carbonyl (C=O) groups is 2. The second-order valence-electron chi connectivity index (χ2n) is 7.40. The first kappa shape index (κ1) is 18.9. The van der Waals surface area contributed by atoms with Crippen molar-refractivity contribution >= 4 is 34.2 Å². The molecule has 10 nitrogen and oxygen atoms in total. The summed E-state index contributed by atoms with van der Waals surface area (Å²) >= 11 is 0. The zero-order valence-corrected chi connectivity index (χ0v) is 16.4. The number of hydrogen-bond donors (Lipinski definition) is 3. The lowest BCUT2D eigenvalue weighted by atomic mass is 9.92. The number of anilines is 2. The van der Waals surface area contributed by atoms with Gasteiger partial charge in [0, 0.05) is 19.3 Å². The summed E-state index contributed by atoms with van der Waals surface area (Å²) < 4.78 is 1.87. The highest BCUT2D eigenvalue weighted by Crippen LogP contribution is 2.33. The molecule has 2 atom stereocenters. The van der Waals surface area contributed by atoms with Crippen LogP contribution in [0.15, 0.2) is 24.7 Å². The maximum absolute atomic E-state index is 13.1. The molecule has 1 aliphatic heterocycles. The standard InChI is InChI=1S/C19H24N8O2/c1-3-27-15(6-7-23-27)14-5-4-11(2)10-26(14)19(29)18(28)24-13-9-21-17(20)12-8-22-25-16(12)13/h6-9,11,14H,3-5,10H2,1-2H3,(H2,20,21)(H,22,25)(H,24,28)/t11-,14-/m0/s1. The van der Waals surface area contributed by atoms with Crippen molar-refractivity contribution in [3.05, 3.63) is 30.4 Å². The van der Waals surface area contributed by atoms with Crippen molar-refractivity contribution in [3.8, 4) is 0 Å². The number of aromatic amines is 1. The van der Waals surface area contributed by atoms with Crippen molar-refractivity contribution in [2.24, 2.45) is 5.92 Å². The number of H-pyrrole nitrogens is 1. The Bertz CT molecular complexity index is 1060. The van der Waals surface area contributed by atoms with Crippen molar-refractivity contribution in [1.29, 1.82) is 0 Å². The van der Waals surface area contributed by atoms with Crippen LogP contribution < -0.4 is 11.1 Å². The number of aromatic nitrogens is 5. The van der Waals surface area contributed by atoms with E-state index >= 15 is 0 Å². The lowest BCUT2D eigenvalue weighted by Gasteiger charge is -2.38. The third-order valence-corrected chi connectivity index (χ3v) is 5.43. The number of amides is 2. The molecule has 29 heavy (non-hydrogen) atoms. The van der Waals surface area contributed by atoms with E-state index in [-0.39, 0.29) is 6.04 Å². The van der Waals surface area contributed by atoms with Crippen molar-refractivity contribution in [2.75, 3.05) is 17.6 Å². The second-order valence-corrected chi connectivity index (χ2v) is 7.40. The quantitative estimate of drug-likeness (QED) is 0.577. The van der Waals surface area contributed by atoms with Crippen LogP contribution in [0.25, 0.3) is 10.9 Å². The van der Waals surface area contributed by atoms with Crippen LogP contribution in [0.2, 0.25) is 0 Å². The van der Waals surface area contributed by atoms with Gasteiger partial charge in [-0.3, -0.25) is 19.4 Å². The molecule has 152 valence electrons. The van der Waals surface area contributed by atoms with Gasteiger partial charge in [0.2, 0.25) is 0 Å². The molecule has 0 radical (unpaired) electrons. The van der Waals surface area contributed by atoms with Gasteiger partial charge in [-0.05, 0) is 31.7 Å². The molecule has 10 heteroatoms. The molecule has 0 unspecified atom stereocenters. The number of rotatable bonds is 3. The minimum atomic E-state index is -0.714. The highest BCUT2D eigenvalue weighted by molar-refractivity contribution is 6.40. The van der Waals surface area contributed by atoms with Gasteiger partial charge >= 0.3 is 11.8 Å². The SMILES string of the molecule is CCn1nccc1[C@@H]1CC[C@H](C)CN1C(=O)C(=O)Nc1cnc(N)c2cn[nH]c12. The molecule has 3 aromatic heterocycles. The van der Waals surface area contributed by atoms with E-state index in [0.717, 1.165) is 18.5 Å². The van der Waals surface area contributed by atoms with Gasteiger partial charge in [-0.15, -0.1) is 0 Å². The van der Waals surface area contributed by atoms with Crippen LogP contribution in [-0.2, 0) is 16.1 Å². The van der Waals surface area contributed by atoms with Crippen LogP contribution in [0.1, 0.15) is 38.4 Å². The third kappa shape index (κ3) is 3.41. The van der Waals surface area contributed by atoms with Gasteiger partial charge in [0.25, 0.3) is 0 Å².